The van der Waals surface area contributed by atoms with Crippen LogP contribution in [-0.4, -0.2) is 10.2 Å². The maximum atomic E-state index is 6.00. The highest BCUT2D eigenvalue weighted by Crippen LogP contribution is 2.31. The summed E-state index contributed by atoms with van der Waals surface area (Å²) in [6, 6.07) is 9.76. The number of halogens is 2. The zero-order valence-electron chi connectivity index (χ0n) is 8.04. The van der Waals surface area contributed by atoms with Crippen LogP contribution in [-0.2, 0) is 0 Å². The van der Waals surface area contributed by atoms with E-state index in [0.29, 0.717) is 10.3 Å². The number of rotatable bonds is 1. The van der Waals surface area contributed by atoms with Crippen LogP contribution in [0.4, 0.5) is 0 Å². The molecule has 0 amide bonds. The summed E-state index contributed by atoms with van der Waals surface area (Å²) in [7, 11) is 0. The molecule has 0 N–H and O–H groups in total. The minimum atomic E-state index is 0.378. The third-order valence-corrected chi connectivity index (χ3v) is 2.80. The second kappa shape index (κ2) is 4.17. The molecule has 0 aliphatic rings. The Bertz CT molecular complexity index is 483. The van der Waals surface area contributed by atoms with E-state index in [1.165, 1.54) is 0 Å². The van der Waals surface area contributed by atoms with Crippen LogP contribution in [0.2, 0.25) is 10.3 Å². The van der Waals surface area contributed by atoms with E-state index in [4.69, 9.17) is 23.2 Å². The molecule has 0 saturated carbocycles. The van der Waals surface area contributed by atoms with Gasteiger partial charge in [0, 0.05) is 5.56 Å². The van der Waals surface area contributed by atoms with E-state index in [0.717, 1.165) is 16.7 Å². The van der Waals surface area contributed by atoms with E-state index in [1.54, 1.807) is 0 Å². The lowest BCUT2D eigenvalue weighted by molar-refractivity contribution is 1.02. The lowest BCUT2D eigenvalue weighted by Gasteiger charge is -2.07. The molecule has 2 nitrogen and oxygen atoms in total. The quantitative estimate of drug-likeness (QED) is 0.757. The van der Waals surface area contributed by atoms with E-state index in [1.807, 2.05) is 37.3 Å². The molecular formula is C11H8Cl2N2. The molecule has 2 aromatic rings. The van der Waals surface area contributed by atoms with Gasteiger partial charge < -0.3 is 0 Å². The standard InChI is InChI=1S/C11H8Cl2N2/c1-7-9(8-5-3-2-4-6-8)11(13)15-14-10(7)12/h2-6H,1H3. The Morgan fingerprint density at radius 2 is 1.53 bits per heavy atom. The second-order valence-corrected chi connectivity index (χ2v) is 3.86. The van der Waals surface area contributed by atoms with Crippen molar-refractivity contribution in [3.63, 3.8) is 0 Å². The highest BCUT2D eigenvalue weighted by atomic mass is 35.5. The van der Waals surface area contributed by atoms with Gasteiger partial charge in [0.15, 0.2) is 10.3 Å². The molecule has 0 radical (unpaired) electrons. The third-order valence-electron chi connectivity index (χ3n) is 2.18. The Hall–Kier alpha value is -1.12. The van der Waals surface area contributed by atoms with Crippen LogP contribution < -0.4 is 0 Å². The molecular weight excluding hydrogens is 231 g/mol. The zero-order valence-corrected chi connectivity index (χ0v) is 9.55. The van der Waals surface area contributed by atoms with Crippen LogP contribution in [0.25, 0.3) is 11.1 Å². The van der Waals surface area contributed by atoms with Crippen molar-refractivity contribution in [1.82, 2.24) is 10.2 Å². The van der Waals surface area contributed by atoms with Gasteiger partial charge in [-0.25, -0.2) is 0 Å². The minimum Gasteiger partial charge on any atom is -0.137 e. The Morgan fingerprint density at radius 3 is 2.20 bits per heavy atom. The Morgan fingerprint density at radius 1 is 0.933 bits per heavy atom. The Labute approximate surface area is 97.9 Å². The van der Waals surface area contributed by atoms with Gasteiger partial charge in [-0.3, -0.25) is 0 Å². The fraction of sp³-hybridized carbons (Fsp3) is 0.0909. The van der Waals surface area contributed by atoms with E-state index in [2.05, 4.69) is 10.2 Å². The van der Waals surface area contributed by atoms with Gasteiger partial charge in [-0.05, 0) is 18.1 Å². The molecule has 0 atom stereocenters. The summed E-state index contributed by atoms with van der Waals surface area (Å²) >= 11 is 11.9. The molecule has 15 heavy (non-hydrogen) atoms. The first-order valence-electron chi connectivity index (χ1n) is 4.44. The average molecular weight is 239 g/mol. The maximum Gasteiger partial charge on any atom is 0.159 e. The molecule has 0 saturated heterocycles. The first-order valence-corrected chi connectivity index (χ1v) is 5.19. The lowest BCUT2D eigenvalue weighted by Crippen LogP contribution is -1.93. The maximum absolute atomic E-state index is 6.00. The number of aromatic nitrogens is 2. The van der Waals surface area contributed by atoms with Crippen molar-refractivity contribution in [3.05, 3.63) is 46.2 Å². The fourth-order valence-electron chi connectivity index (χ4n) is 1.41. The van der Waals surface area contributed by atoms with Crippen LogP contribution in [0.1, 0.15) is 5.56 Å². The minimum absolute atomic E-state index is 0.378. The Balaban J connectivity index is 2.68. The number of nitrogens with zero attached hydrogens (tertiary/aromatic N) is 2. The highest BCUT2D eigenvalue weighted by Gasteiger charge is 2.11. The molecule has 1 aromatic carbocycles. The van der Waals surface area contributed by atoms with E-state index in [-0.39, 0.29) is 0 Å². The second-order valence-electron chi connectivity index (χ2n) is 3.15. The SMILES string of the molecule is Cc1c(Cl)nnc(Cl)c1-c1ccccc1. The molecule has 2 rings (SSSR count). The topological polar surface area (TPSA) is 25.8 Å². The predicted molar refractivity (Wildman–Crippen MR) is 62.2 cm³/mol. The first-order chi connectivity index (χ1) is 7.20. The van der Waals surface area contributed by atoms with Crippen molar-refractivity contribution in [2.45, 2.75) is 6.92 Å². The molecule has 1 heterocycles. The summed E-state index contributed by atoms with van der Waals surface area (Å²) < 4.78 is 0. The molecule has 0 spiro atoms. The van der Waals surface area contributed by atoms with Gasteiger partial charge in [-0.15, -0.1) is 10.2 Å². The molecule has 4 heteroatoms. The van der Waals surface area contributed by atoms with Gasteiger partial charge in [0.25, 0.3) is 0 Å². The average Bonchev–Trinajstić information content (AvgIpc) is 2.26. The monoisotopic (exact) mass is 238 g/mol. The summed E-state index contributed by atoms with van der Waals surface area (Å²) in [6.07, 6.45) is 0. The summed E-state index contributed by atoms with van der Waals surface area (Å²) in [6.45, 7) is 1.88. The van der Waals surface area contributed by atoms with Crippen molar-refractivity contribution in [1.29, 1.82) is 0 Å². The van der Waals surface area contributed by atoms with E-state index in [9.17, 15) is 0 Å². The summed E-state index contributed by atoms with van der Waals surface area (Å²) in [5, 5.41) is 8.31. The van der Waals surface area contributed by atoms with Gasteiger partial charge in [-0.1, -0.05) is 53.5 Å². The van der Waals surface area contributed by atoms with Crippen LogP contribution in [0, 0.1) is 6.92 Å². The molecule has 0 bridgehead atoms. The van der Waals surface area contributed by atoms with Gasteiger partial charge in [0.05, 0.1) is 0 Å². The predicted octanol–water partition coefficient (Wildman–Crippen LogP) is 3.76. The van der Waals surface area contributed by atoms with Crippen LogP contribution in [0.5, 0.6) is 0 Å². The normalized spacial score (nSPS) is 10.3. The largest absolute Gasteiger partial charge is 0.159 e. The van der Waals surface area contributed by atoms with E-state index >= 15 is 0 Å². The third kappa shape index (κ3) is 1.96. The van der Waals surface area contributed by atoms with E-state index < -0.39 is 0 Å². The van der Waals surface area contributed by atoms with Crippen molar-refractivity contribution < 1.29 is 0 Å². The van der Waals surface area contributed by atoms with Crippen molar-refractivity contribution in [2.75, 3.05) is 0 Å². The fourth-order valence-corrected chi connectivity index (χ4v) is 1.83. The summed E-state index contributed by atoms with van der Waals surface area (Å²) in [5.74, 6) is 0. The van der Waals surface area contributed by atoms with Crippen LogP contribution >= 0.6 is 23.2 Å². The number of hydrogen-bond acceptors (Lipinski definition) is 2. The highest BCUT2D eigenvalue weighted by molar-refractivity contribution is 6.34. The molecule has 0 aliphatic heterocycles. The molecule has 1 aromatic heterocycles. The van der Waals surface area contributed by atoms with Gasteiger partial charge >= 0.3 is 0 Å². The molecule has 0 fully saturated rings. The van der Waals surface area contributed by atoms with Crippen molar-refractivity contribution >= 4 is 23.2 Å². The molecule has 0 unspecified atom stereocenters. The van der Waals surface area contributed by atoms with Gasteiger partial charge in [0.2, 0.25) is 0 Å². The Kier molecular flexibility index (Phi) is 2.89. The van der Waals surface area contributed by atoms with Crippen molar-refractivity contribution in [2.24, 2.45) is 0 Å². The van der Waals surface area contributed by atoms with Gasteiger partial charge in [0.1, 0.15) is 0 Å². The zero-order chi connectivity index (χ0) is 10.8. The summed E-state index contributed by atoms with van der Waals surface area (Å²) in [4.78, 5) is 0. The smallest absolute Gasteiger partial charge is 0.137 e. The molecule has 76 valence electrons. The molecule has 0 aliphatic carbocycles. The van der Waals surface area contributed by atoms with Crippen LogP contribution in [0.15, 0.2) is 30.3 Å². The van der Waals surface area contributed by atoms with Crippen LogP contribution in [0.3, 0.4) is 0 Å². The lowest BCUT2D eigenvalue weighted by atomic mass is 10.0. The summed E-state index contributed by atoms with van der Waals surface area (Å²) in [5.41, 5.74) is 2.69. The first kappa shape index (κ1) is 10.4. The number of hydrogen-bond donors (Lipinski definition) is 0. The number of benzene rings is 1. The van der Waals surface area contributed by atoms with Gasteiger partial charge in [-0.2, -0.15) is 0 Å². The van der Waals surface area contributed by atoms with Crippen molar-refractivity contribution in [3.8, 4) is 11.1 Å².